The van der Waals surface area contributed by atoms with E-state index in [2.05, 4.69) is 0 Å². The molecule has 78 valence electrons. The lowest BCUT2D eigenvalue weighted by molar-refractivity contribution is -0.123. The summed E-state index contributed by atoms with van der Waals surface area (Å²) in [5, 5.41) is 8.69. The average molecular weight is 188 g/mol. The minimum atomic E-state index is -0.464. The number of aliphatic hydroxyl groups is 1. The van der Waals surface area contributed by atoms with E-state index < -0.39 is 6.29 Å². The fraction of sp³-hybridized carbons (Fsp3) is 1.00. The molecule has 0 saturated carbocycles. The van der Waals surface area contributed by atoms with Crippen LogP contribution in [-0.2, 0) is 9.47 Å². The van der Waals surface area contributed by atoms with Crippen LogP contribution in [0, 0.1) is 0 Å². The number of rotatable bonds is 0. The Morgan fingerprint density at radius 1 is 0.846 bits per heavy atom. The Morgan fingerprint density at radius 3 is 1.77 bits per heavy atom. The van der Waals surface area contributed by atoms with Crippen molar-refractivity contribution in [3.8, 4) is 0 Å². The van der Waals surface area contributed by atoms with Gasteiger partial charge in [-0.3, -0.25) is 0 Å². The maximum absolute atomic E-state index is 8.69. The van der Waals surface area contributed by atoms with Crippen molar-refractivity contribution in [1.82, 2.24) is 0 Å². The fourth-order valence-corrected chi connectivity index (χ4v) is 1.41. The molecule has 13 heavy (non-hydrogen) atoms. The zero-order valence-electron chi connectivity index (χ0n) is 8.21. The fourth-order valence-electron chi connectivity index (χ4n) is 1.41. The molecular weight excluding hydrogens is 168 g/mol. The van der Waals surface area contributed by atoms with E-state index in [1.54, 1.807) is 0 Å². The standard InChI is InChI=1S/C5H10O2.C5H10O/c6-5-3-1-2-4-7-5;1-2-4-6-5-3-1/h5-6H,1-4H2;1-5H2. The van der Waals surface area contributed by atoms with E-state index in [1.807, 2.05) is 0 Å². The van der Waals surface area contributed by atoms with E-state index in [9.17, 15) is 0 Å². The lowest BCUT2D eigenvalue weighted by Gasteiger charge is -2.16. The molecule has 1 atom stereocenters. The van der Waals surface area contributed by atoms with Gasteiger partial charge in [0, 0.05) is 19.8 Å². The highest BCUT2D eigenvalue weighted by Crippen LogP contribution is 2.08. The van der Waals surface area contributed by atoms with Crippen LogP contribution >= 0.6 is 0 Å². The lowest BCUT2D eigenvalue weighted by atomic mass is 10.2. The van der Waals surface area contributed by atoms with Crippen molar-refractivity contribution in [2.24, 2.45) is 0 Å². The van der Waals surface area contributed by atoms with Gasteiger partial charge in [-0.1, -0.05) is 0 Å². The third-order valence-corrected chi connectivity index (χ3v) is 2.23. The van der Waals surface area contributed by atoms with Crippen LogP contribution in [0.3, 0.4) is 0 Å². The van der Waals surface area contributed by atoms with Crippen LogP contribution in [0.4, 0.5) is 0 Å². The summed E-state index contributed by atoms with van der Waals surface area (Å²) in [6.07, 6.45) is 6.51. The Bertz CT molecular complexity index is 95.2. The van der Waals surface area contributed by atoms with Crippen LogP contribution in [0.25, 0.3) is 0 Å². The first-order chi connectivity index (χ1) is 6.39. The van der Waals surface area contributed by atoms with Gasteiger partial charge in [-0.05, 0) is 38.5 Å². The van der Waals surface area contributed by atoms with Gasteiger partial charge in [0.2, 0.25) is 0 Å². The smallest absolute Gasteiger partial charge is 0.154 e. The Balaban J connectivity index is 0.000000132. The predicted molar refractivity (Wildman–Crippen MR) is 50.5 cm³/mol. The Kier molecular flexibility index (Phi) is 6.15. The number of hydrogen-bond donors (Lipinski definition) is 1. The van der Waals surface area contributed by atoms with E-state index >= 15 is 0 Å². The van der Waals surface area contributed by atoms with E-state index in [0.29, 0.717) is 0 Å². The van der Waals surface area contributed by atoms with Crippen LogP contribution in [0.2, 0.25) is 0 Å². The van der Waals surface area contributed by atoms with Crippen LogP contribution < -0.4 is 0 Å². The topological polar surface area (TPSA) is 38.7 Å². The van der Waals surface area contributed by atoms with Gasteiger partial charge < -0.3 is 14.6 Å². The molecule has 3 heteroatoms. The van der Waals surface area contributed by atoms with Crippen molar-refractivity contribution >= 4 is 0 Å². The van der Waals surface area contributed by atoms with E-state index in [-0.39, 0.29) is 0 Å². The van der Waals surface area contributed by atoms with Gasteiger partial charge in [0.15, 0.2) is 6.29 Å². The largest absolute Gasteiger partial charge is 0.381 e. The van der Waals surface area contributed by atoms with Gasteiger partial charge in [0.25, 0.3) is 0 Å². The molecule has 1 N–H and O–H groups in total. The summed E-state index contributed by atoms with van der Waals surface area (Å²) in [6.45, 7) is 2.74. The first-order valence-electron chi connectivity index (χ1n) is 5.27. The van der Waals surface area contributed by atoms with Gasteiger partial charge >= 0.3 is 0 Å². The van der Waals surface area contributed by atoms with Crippen LogP contribution in [0.15, 0.2) is 0 Å². The molecule has 0 aromatic carbocycles. The molecule has 2 heterocycles. The van der Waals surface area contributed by atoms with Gasteiger partial charge in [-0.2, -0.15) is 0 Å². The summed E-state index contributed by atoms with van der Waals surface area (Å²) in [5.41, 5.74) is 0. The number of aliphatic hydroxyl groups excluding tert-OH is 1. The molecule has 0 radical (unpaired) electrons. The van der Waals surface area contributed by atoms with Crippen molar-refractivity contribution in [1.29, 1.82) is 0 Å². The summed E-state index contributed by atoms with van der Waals surface area (Å²) in [5.74, 6) is 0. The number of ether oxygens (including phenoxy) is 2. The zero-order valence-corrected chi connectivity index (χ0v) is 8.21. The van der Waals surface area contributed by atoms with Crippen molar-refractivity contribution in [2.45, 2.75) is 44.8 Å². The minimum Gasteiger partial charge on any atom is -0.381 e. The SMILES string of the molecule is C1CCOCC1.OC1CCCCO1. The molecule has 0 amide bonds. The van der Waals surface area contributed by atoms with Crippen molar-refractivity contribution in [3.05, 3.63) is 0 Å². The highest BCUT2D eigenvalue weighted by Gasteiger charge is 2.07. The molecule has 0 aromatic rings. The molecule has 2 fully saturated rings. The molecule has 2 rings (SSSR count). The normalized spacial score (nSPS) is 28.8. The third kappa shape index (κ3) is 6.02. The first kappa shape index (κ1) is 11.0. The average Bonchev–Trinajstić information content (AvgIpc) is 2.22. The second-order valence-electron chi connectivity index (χ2n) is 3.49. The van der Waals surface area contributed by atoms with E-state index in [1.165, 1.54) is 19.3 Å². The maximum atomic E-state index is 8.69. The predicted octanol–water partition coefficient (Wildman–Crippen LogP) is 1.69. The van der Waals surface area contributed by atoms with Crippen molar-refractivity contribution < 1.29 is 14.6 Å². The molecule has 0 aliphatic carbocycles. The van der Waals surface area contributed by atoms with Crippen molar-refractivity contribution in [2.75, 3.05) is 19.8 Å². The summed E-state index contributed by atoms with van der Waals surface area (Å²) < 4.78 is 9.90. The quantitative estimate of drug-likeness (QED) is 0.628. The summed E-state index contributed by atoms with van der Waals surface area (Å²) in [6, 6.07) is 0. The molecule has 3 nitrogen and oxygen atoms in total. The van der Waals surface area contributed by atoms with Crippen LogP contribution in [-0.4, -0.2) is 31.2 Å². The van der Waals surface area contributed by atoms with Crippen LogP contribution in [0.1, 0.15) is 38.5 Å². The summed E-state index contributed by atoms with van der Waals surface area (Å²) >= 11 is 0. The van der Waals surface area contributed by atoms with Gasteiger partial charge in [0.05, 0.1) is 0 Å². The molecular formula is C10H20O3. The zero-order chi connectivity index (χ0) is 9.36. The lowest BCUT2D eigenvalue weighted by Crippen LogP contribution is -2.17. The van der Waals surface area contributed by atoms with Crippen LogP contribution in [0.5, 0.6) is 0 Å². The molecule has 2 saturated heterocycles. The van der Waals surface area contributed by atoms with Crippen molar-refractivity contribution in [3.63, 3.8) is 0 Å². The summed E-state index contributed by atoms with van der Waals surface area (Å²) in [4.78, 5) is 0. The number of hydrogen-bond acceptors (Lipinski definition) is 3. The molecule has 1 unspecified atom stereocenters. The maximum Gasteiger partial charge on any atom is 0.154 e. The highest BCUT2D eigenvalue weighted by atomic mass is 16.6. The molecule has 2 aliphatic rings. The second kappa shape index (κ2) is 7.30. The third-order valence-electron chi connectivity index (χ3n) is 2.23. The monoisotopic (exact) mass is 188 g/mol. The molecule has 2 aliphatic heterocycles. The Morgan fingerprint density at radius 2 is 1.54 bits per heavy atom. The van der Waals surface area contributed by atoms with Gasteiger partial charge in [0.1, 0.15) is 0 Å². The molecule has 0 spiro atoms. The summed E-state index contributed by atoms with van der Waals surface area (Å²) in [7, 11) is 0. The van der Waals surface area contributed by atoms with Gasteiger partial charge in [-0.25, -0.2) is 0 Å². The highest BCUT2D eigenvalue weighted by molar-refractivity contribution is 4.50. The van der Waals surface area contributed by atoms with Gasteiger partial charge in [-0.15, -0.1) is 0 Å². The first-order valence-corrected chi connectivity index (χ1v) is 5.27. The molecule has 0 aromatic heterocycles. The Hall–Kier alpha value is -0.120. The second-order valence-corrected chi connectivity index (χ2v) is 3.49. The molecule has 0 bridgehead atoms. The minimum absolute atomic E-state index is 0.464. The van der Waals surface area contributed by atoms with E-state index in [4.69, 9.17) is 14.6 Å². The van der Waals surface area contributed by atoms with E-state index in [0.717, 1.165) is 39.1 Å². The Labute approximate surface area is 80.0 Å².